The van der Waals surface area contributed by atoms with Gasteiger partial charge in [0, 0.05) is 49.4 Å². The molecule has 144 heavy (non-hydrogen) atoms. The van der Waals surface area contributed by atoms with E-state index in [1.807, 2.05) is 0 Å². The largest absolute Gasteiger partial charge is 0.309 e. The first-order chi connectivity index (χ1) is 71.4. The van der Waals surface area contributed by atoms with Crippen molar-refractivity contribution in [1.29, 1.82) is 0 Å². The van der Waals surface area contributed by atoms with Crippen molar-refractivity contribution in [2.24, 2.45) is 0 Å². The van der Waals surface area contributed by atoms with Gasteiger partial charge in [0.25, 0.3) is 0 Å². The Kier molecular flexibility index (Phi) is 20.9. The molecule has 0 spiro atoms. The van der Waals surface area contributed by atoms with E-state index in [1.165, 1.54) is 269 Å². The molecule has 0 saturated carbocycles. The Morgan fingerprint density at radius 1 is 0.111 bits per heavy atom. The lowest BCUT2D eigenvalue weighted by Gasteiger charge is -2.19. The highest BCUT2D eigenvalue weighted by molar-refractivity contribution is 6.26. The minimum absolute atomic E-state index is 1.16. The third-order valence-corrected chi connectivity index (χ3v) is 29.9. The fraction of sp³-hybridized carbons (Fsp3) is 0.00709. The van der Waals surface area contributed by atoms with Crippen molar-refractivity contribution >= 4 is 152 Å². The van der Waals surface area contributed by atoms with Crippen molar-refractivity contribution < 1.29 is 0 Å². The van der Waals surface area contributed by atoms with Gasteiger partial charge in [-0.3, -0.25) is 0 Å². The van der Waals surface area contributed by atoms with E-state index in [-0.39, 0.29) is 0 Å². The lowest BCUT2D eigenvalue weighted by molar-refractivity contribution is 1.18. The minimum atomic E-state index is 1.16. The zero-order valence-electron chi connectivity index (χ0n) is 79.3. The normalized spacial score (nSPS) is 11.6. The van der Waals surface area contributed by atoms with Gasteiger partial charge in [-0.25, -0.2) is 0 Å². The average Bonchev–Trinajstić information content (AvgIpc) is 1.23. The highest BCUT2D eigenvalue weighted by Crippen LogP contribution is 2.51. The van der Waals surface area contributed by atoms with E-state index in [2.05, 4.69) is 567 Å². The van der Waals surface area contributed by atoms with Gasteiger partial charge in [0.15, 0.2) is 0 Å². The second-order valence-electron chi connectivity index (χ2n) is 38.0. The molecule has 3 heterocycles. The third kappa shape index (κ3) is 14.5. The summed E-state index contributed by atoms with van der Waals surface area (Å²) in [6.45, 7) is 2.15. The molecule has 0 aliphatic heterocycles. The molecule has 0 unspecified atom stereocenters. The van der Waals surface area contributed by atoms with Crippen LogP contribution in [0.3, 0.4) is 0 Å². The molecule has 0 fully saturated rings. The third-order valence-electron chi connectivity index (χ3n) is 29.9. The fourth-order valence-corrected chi connectivity index (χ4v) is 23.2. The Hall–Kier alpha value is -18.8. The molecule has 3 heteroatoms. The van der Waals surface area contributed by atoms with E-state index in [4.69, 9.17) is 0 Å². The second-order valence-corrected chi connectivity index (χ2v) is 38.0. The van der Waals surface area contributed by atoms with Crippen molar-refractivity contribution in [3.05, 3.63) is 552 Å². The monoisotopic (exact) mass is 1830 g/mol. The molecule has 672 valence electrons. The van der Waals surface area contributed by atoms with Crippen molar-refractivity contribution in [3.8, 4) is 117 Å². The molecular formula is C141H93N3. The van der Waals surface area contributed by atoms with Gasteiger partial charge in [0.05, 0.1) is 33.1 Å². The van der Waals surface area contributed by atoms with Crippen LogP contribution < -0.4 is 0 Å². The Labute approximate surface area is 834 Å². The Morgan fingerprint density at radius 2 is 0.299 bits per heavy atom. The summed E-state index contributed by atoms with van der Waals surface area (Å²) in [5.74, 6) is 0. The Balaban J connectivity index is 0.000000108. The summed E-state index contributed by atoms with van der Waals surface area (Å²) in [6, 6.07) is 200. The number of aryl methyl sites for hydroxylation is 1. The number of rotatable bonds is 12. The van der Waals surface area contributed by atoms with Gasteiger partial charge in [0.2, 0.25) is 0 Å². The molecule has 0 aliphatic rings. The van der Waals surface area contributed by atoms with Crippen LogP contribution in [0.4, 0.5) is 0 Å². The van der Waals surface area contributed by atoms with Gasteiger partial charge in [0.1, 0.15) is 0 Å². The summed E-state index contributed by atoms with van der Waals surface area (Å²) in [6.07, 6.45) is 0. The van der Waals surface area contributed by atoms with E-state index in [9.17, 15) is 0 Å². The lowest BCUT2D eigenvalue weighted by atomic mass is 9.84. The number of aromatic nitrogens is 3. The highest BCUT2D eigenvalue weighted by Gasteiger charge is 2.25. The molecule has 0 radical (unpaired) electrons. The van der Waals surface area contributed by atoms with Gasteiger partial charge in [-0.2, -0.15) is 0 Å². The maximum atomic E-state index is 2.41. The Bertz CT molecular complexity index is 9810. The average molecular weight is 1830 g/mol. The van der Waals surface area contributed by atoms with E-state index in [1.54, 1.807) is 0 Å². The van der Waals surface area contributed by atoms with Gasteiger partial charge in [-0.15, -0.1) is 0 Å². The topological polar surface area (TPSA) is 14.8 Å². The van der Waals surface area contributed by atoms with Crippen molar-refractivity contribution in [1.82, 2.24) is 13.7 Å². The van der Waals surface area contributed by atoms with E-state index in [0.717, 1.165) is 5.69 Å². The van der Waals surface area contributed by atoms with Gasteiger partial charge in [-0.05, 0) is 278 Å². The number of hydrogen-bond donors (Lipinski definition) is 0. The van der Waals surface area contributed by atoms with Crippen LogP contribution in [0.5, 0.6) is 0 Å². The number of fused-ring (bicyclic) bond motifs is 18. The van der Waals surface area contributed by atoms with E-state index >= 15 is 0 Å². The molecule has 0 N–H and O–H groups in total. The summed E-state index contributed by atoms with van der Waals surface area (Å²) in [5.41, 5.74) is 34.5. The maximum Gasteiger partial charge on any atom is 0.0541 e. The molecule has 0 atom stereocenters. The van der Waals surface area contributed by atoms with Gasteiger partial charge < -0.3 is 13.7 Å². The first kappa shape index (κ1) is 84.5. The van der Waals surface area contributed by atoms with Crippen LogP contribution in [0.25, 0.3) is 269 Å². The Morgan fingerprint density at radius 3 is 0.625 bits per heavy atom. The molecule has 3 aromatic heterocycles. The van der Waals surface area contributed by atoms with E-state index in [0.29, 0.717) is 0 Å². The number of para-hydroxylation sites is 6. The smallest absolute Gasteiger partial charge is 0.0541 e. The molecule has 29 aromatic rings. The summed E-state index contributed by atoms with van der Waals surface area (Å²) in [7, 11) is 0. The first-order valence-electron chi connectivity index (χ1n) is 49.8. The van der Waals surface area contributed by atoms with Crippen LogP contribution in [-0.2, 0) is 0 Å². The molecule has 29 rings (SSSR count). The van der Waals surface area contributed by atoms with Crippen LogP contribution in [0.2, 0.25) is 0 Å². The molecule has 0 bridgehead atoms. The SMILES string of the molecule is Cc1ccc(-c2c3ccccc3c(-c3ccc(-c4ccc(-n5c6ccccc6c6ccccc65)cc4)cc3)c3ccccc23)cc1.c1ccc(-c2c3ccccc3c(-c3ccc(-c4ccc(-n5c6ccccc6c6ccccc65)cc4)cc3)c3ccccc23)cc1.c1ccc(-c2ccc3c(-c4ccc5ccc6ccccc6c5c4)c4ccccc4c(-c4ccc(-n5c6ccccc6c6ccccc65)cc4)c3c2)cc1. The lowest BCUT2D eigenvalue weighted by Crippen LogP contribution is -1.95. The molecule has 0 aliphatic carbocycles. The number of hydrogen-bond acceptors (Lipinski definition) is 0. The first-order valence-corrected chi connectivity index (χ1v) is 49.8. The molecule has 3 nitrogen and oxygen atoms in total. The maximum absolute atomic E-state index is 2.41. The van der Waals surface area contributed by atoms with Crippen LogP contribution in [-0.4, -0.2) is 13.7 Å². The predicted molar refractivity (Wildman–Crippen MR) is 616 cm³/mol. The van der Waals surface area contributed by atoms with Crippen molar-refractivity contribution in [2.45, 2.75) is 6.92 Å². The predicted octanol–water partition coefficient (Wildman–Crippen LogP) is 38.9. The minimum Gasteiger partial charge on any atom is -0.309 e. The molecule has 26 aromatic carbocycles. The second kappa shape index (κ2) is 35.6. The van der Waals surface area contributed by atoms with Crippen LogP contribution in [0, 0.1) is 6.92 Å². The summed E-state index contributed by atoms with van der Waals surface area (Å²) >= 11 is 0. The van der Waals surface area contributed by atoms with Crippen molar-refractivity contribution in [2.75, 3.05) is 0 Å². The molecule has 0 saturated heterocycles. The fourth-order valence-electron chi connectivity index (χ4n) is 23.2. The molecule has 0 amide bonds. The summed E-state index contributed by atoms with van der Waals surface area (Å²) < 4.78 is 7.13. The van der Waals surface area contributed by atoms with Gasteiger partial charge >= 0.3 is 0 Å². The van der Waals surface area contributed by atoms with Gasteiger partial charge in [-0.1, -0.05) is 467 Å². The quantitative estimate of drug-likeness (QED) is 0.0855. The zero-order chi connectivity index (χ0) is 95.2. The summed E-state index contributed by atoms with van der Waals surface area (Å²) in [4.78, 5) is 0. The highest BCUT2D eigenvalue weighted by atomic mass is 15.0. The van der Waals surface area contributed by atoms with Crippen LogP contribution >= 0.6 is 0 Å². The van der Waals surface area contributed by atoms with E-state index < -0.39 is 0 Å². The standard InChI is InChI=1S/C52H33N.C45H31N.C44H29N/c1-2-12-34(13-3-1)38-28-31-46-48(32-38)51(37-26-29-40(30-27-37)53-49-20-10-8-16-42(49)43-17-9-11-21-50(43)53)44-18-6-7-19-45(44)52(46)39-25-24-36-23-22-35-14-4-5-15-41(35)47(36)33-39;1-30-18-20-33(21-19-30)44-38-12-2-4-14-40(38)45(41-15-5-3-13-39(41)44)34-24-22-31(23-25-34)32-26-28-35(29-27-32)46-42-16-8-6-10-36(42)37-11-7-9-17-43(37)46;1-2-12-32(13-3-1)43-37-16-4-6-18-39(37)44(40-19-7-5-17-38(40)43)33-24-22-30(23-25-33)31-26-28-34(29-27-31)45-41-20-10-8-14-35(41)36-15-9-11-21-42(36)45/h1-33H;2-29H,1H3;1-29H. The summed E-state index contributed by atoms with van der Waals surface area (Å²) in [5, 5.41) is 28.0. The number of nitrogens with zero attached hydrogens (tertiary/aromatic N) is 3. The van der Waals surface area contributed by atoms with Crippen molar-refractivity contribution in [3.63, 3.8) is 0 Å². The molecular weight excluding hydrogens is 1740 g/mol. The zero-order valence-corrected chi connectivity index (χ0v) is 79.3. The van der Waals surface area contributed by atoms with Crippen LogP contribution in [0.1, 0.15) is 5.56 Å². The number of benzene rings is 26. The van der Waals surface area contributed by atoms with Crippen LogP contribution in [0.15, 0.2) is 546 Å².